The van der Waals surface area contributed by atoms with Gasteiger partial charge in [-0.25, -0.2) is 0 Å². The Labute approximate surface area is 120 Å². The van der Waals surface area contributed by atoms with E-state index >= 15 is 0 Å². The Morgan fingerprint density at radius 1 is 1.42 bits per heavy atom. The fraction of sp³-hybridized carbons (Fsp3) is 0.929. The van der Waals surface area contributed by atoms with E-state index in [2.05, 4.69) is 0 Å². The molecule has 0 aromatic rings. The maximum Gasteiger partial charge on any atom is 0.325 e. The van der Waals surface area contributed by atoms with Crippen molar-refractivity contribution in [2.24, 2.45) is 5.73 Å². The number of unbranched alkanes of at least 4 members (excludes halogenated alkanes) is 1. The predicted octanol–water partition coefficient (Wildman–Crippen LogP) is 2.35. The zero-order valence-corrected chi connectivity index (χ0v) is 13.0. The highest BCUT2D eigenvalue weighted by atomic mass is 32.2. The molecular weight excluding hydrogens is 262 g/mol. The molecular formula is C14H27NO3S. The Hall–Kier alpha value is -0.260. The number of ether oxygens (including phenoxy) is 2. The molecule has 1 aliphatic rings. The molecule has 19 heavy (non-hydrogen) atoms. The average Bonchev–Trinajstić information content (AvgIpc) is 2.39. The van der Waals surface area contributed by atoms with Crippen molar-refractivity contribution < 1.29 is 14.3 Å². The van der Waals surface area contributed by atoms with E-state index < -0.39 is 5.54 Å². The van der Waals surface area contributed by atoms with E-state index in [0.29, 0.717) is 13.0 Å². The lowest BCUT2D eigenvalue weighted by Gasteiger charge is -2.23. The third kappa shape index (κ3) is 6.63. The van der Waals surface area contributed by atoms with Gasteiger partial charge >= 0.3 is 5.97 Å². The fourth-order valence-electron chi connectivity index (χ4n) is 2.08. The van der Waals surface area contributed by atoms with Gasteiger partial charge in [-0.3, -0.25) is 4.79 Å². The number of carbonyl (C=O) groups is 1. The first-order valence-corrected chi connectivity index (χ1v) is 8.26. The van der Waals surface area contributed by atoms with Gasteiger partial charge in [0.2, 0.25) is 0 Å². The van der Waals surface area contributed by atoms with Gasteiger partial charge < -0.3 is 15.2 Å². The summed E-state index contributed by atoms with van der Waals surface area (Å²) in [6, 6.07) is 0. The molecule has 1 saturated heterocycles. The second-order valence-corrected chi connectivity index (χ2v) is 6.69. The molecule has 0 bridgehead atoms. The lowest BCUT2D eigenvalue weighted by molar-refractivity contribution is -0.149. The number of hydrogen-bond acceptors (Lipinski definition) is 5. The summed E-state index contributed by atoms with van der Waals surface area (Å²) in [5.74, 6) is 0.857. The summed E-state index contributed by atoms with van der Waals surface area (Å²) < 4.78 is 10.3. The molecule has 0 aromatic heterocycles. The van der Waals surface area contributed by atoms with Crippen LogP contribution in [0.15, 0.2) is 0 Å². The van der Waals surface area contributed by atoms with Gasteiger partial charge in [0.05, 0.1) is 6.61 Å². The topological polar surface area (TPSA) is 61.5 Å². The van der Waals surface area contributed by atoms with Gasteiger partial charge in [0.25, 0.3) is 0 Å². The van der Waals surface area contributed by atoms with Crippen LogP contribution in [0.25, 0.3) is 0 Å². The minimum atomic E-state index is -0.834. The zero-order chi connectivity index (χ0) is 14.1. The van der Waals surface area contributed by atoms with Crippen LogP contribution in [-0.4, -0.2) is 42.3 Å². The van der Waals surface area contributed by atoms with Crippen molar-refractivity contribution in [1.82, 2.24) is 0 Å². The molecule has 1 heterocycles. The summed E-state index contributed by atoms with van der Waals surface area (Å²) in [6.45, 7) is 5.77. The van der Waals surface area contributed by atoms with Crippen molar-refractivity contribution in [1.29, 1.82) is 0 Å². The highest BCUT2D eigenvalue weighted by Crippen LogP contribution is 2.23. The first kappa shape index (κ1) is 16.8. The Kier molecular flexibility index (Phi) is 7.80. The largest absolute Gasteiger partial charge is 0.465 e. The van der Waals surface area contributed by atoms with Crippen molar-refractivity contribution in [2.75, 3.05) is 25.6 Å². The van der Waals surface area contributed by atoms with E-state index in [4.69, 9.17) is 15.2 Å². The van der Waals surface area contributed by atoms with Crippen molar-refractivity contribution in [3.05, 3.63) is 0 Å². The molecule has 1 unspecified atom stereocenters. The summed E-state index contributed by atoms with van der Waals surface area (Å²) in [5, 5.41) is 0.753. The lowest BCUT2D eigenvalue weighted by Crippen LogP contribution is -2.46. The number of esters is 1. The molecule has 112 valence electrons. The third-order valence-electron chi connectivity index (χ3n) is 3.35. The lowest BCUT2D eigenvalue weighted by atomic mass is 9.96. The molecule has 0 aromatic carbocycles. The molecule has 0 amide bonds. The summed E-state index contributed by atoms with van der Waals surface area (Å²) in [7, 11) is 0. The van der Waals surface area contributed by atoms with E-state index in [1.807, 2.05) is 11.8 Å². The van der Waals surface area contributed by atoms with Crippen molar-refractivity contribution in [3.8, 4) is 0 Å². The Morgan fingerprint density at radius 2 is 2.11 bits per heavy atom. The molecule has 0 radical (unpaired) electrons. The summed E-state index contributed by atoms with van der Waals surface area (Å²) in [6.07, 6.45) is 5.11. The Bertz CT molecular complexity index is 265. The molecule has 4 nitrogen and oxygen atoms in total. The quantitative estimate of drug-likeness (QED) is 0.549. The molecule has 0 aliphatic carbocycles. The van der Waals surface area contributed by atoms with Crippen LogP contribution in [0.1, 0.15) is 46.0 Å². The number of thioether (sulfide) groups is 1. The first-order chi connectivity index (χ1) is 9.06. The molecule has 1 aliphatic heterocycles. The number of nitrogens with two attached hydrogens (primary N) is 1. The summed E-state index contributed by atoms with van der Waals surface area (Å²) >= 11 is 2.03. The van der Waals surface area contributed by atoms with E-state index in [0.717, 1.165) is 37.1 Å². The van der Waals surface area contributed by atoms with Gasteiger partial charge in [0.15, 0.2) is 0 Å². The van der Waals surface area contributed by atoms with E-state index in [1.54, 1.807) is 13.8 Å². The van der Waals surface area contributed by atoms with Crippen molar-refractivity contribution in [3.63, 3.8) is 0 Å². The van der Waals surface area contributed by atoms with Crippen LogP contribution < -0.4 is 5.73 Å². The average molecular weight is 289 g/mol. The standard InChI is InChI=1S/C14H27NO3S/c1-3-18-13(16)14(2,15)8-4-5-11-19-12-6-9-17-10-7-12/h12H,3-11,15H2,1-2H3. The monoisotopic (exact) mass is 289 g/mol. The number of hydrogen-bond donors (Lipinski definition) is 1. The Balaban J connectivity index is 2.07. The maximum absolute atomic E-state index is 11.6. The van der Waals surface area contributed by atoms with Crippen molar-refractivity contribution in [2.45, 2.75) is 56.7 Å². The normalized spacial score (nSPS) is 19.9. The van der Waals surface area contributed by atoms with Crippen LogP contribution in [0, 0.1) is 0 Å². The van der Waals surface area contributed by atoms with Gasteiger partial charge in [-0.2, -0.15) is 11.8 Å². The molecule has 5 heteroatoms. The van der Waals surface area contributed by atoms with E-state index in [9.17, 15) is 4.79 Å². The maximum atomic E-state index is 11.6. The van der Waals surface area contributed by atoms with Crippen LogP contribution >= 0.6 is 11.8 Å². The van der Waals surface area contributed by atoms with Gasteiger partial charge in [-0.1, -0.05) is 6.42 Å². The van der Waals surface area contributed by atoms with Crippen LogP contribution in [0.3, 0.4) is 0 Å². The van der Waals surface area contributed by atoms with Crippen molar-refractivity contribution >= 4 is 17.7 Å². The molecule has 1 rings (SSSR count). The number of rotatable bonds is 8. The molecule has 1 atom stereocenters. The summed E-state index contributed by atoms with van der Waals surface area (Å²) in [4.78, 5) is 11.6. The van der Waals surface area contributed by atoms with Gasteiger partial charge in [0.1, 0.15) is 5.54 Å². The second-order valence-electron chi connectivity index (χ2n) is 5.28. The van der Waals surface area contributed by atoms with Crippen LogP contribution in [-0.2, 0) is 14.3 Å². The van der Waals surface area contributed by atoms with Gasteiger partial charge in [-0.05, 0) is 45.3 Å². The molecule has 2 N–H and O–H groups in total. The SMILES string of the molecule is CCOC(=O)C(C)(N)CCCCSC1CCOCC1. The molecule has 0 spiro atoms. The van der Waals surface area contributed by atoms with Crippen LogP contribution in [0.4, 0.5) is 0 Å². The minimum Gasteiger partial charge on any atom is -0.465 e. The van der Waals surface area contributed by atoms with Crippen LogP contribution in [0.5, 0.6) is 0 Å². The zero-order valence-electron chi connectivity index (χ0n) is 12.2. The van der Waals surface area contributed by atoms with E-state index in [1.165, 1.54) is 12.8 Å². The second kappa shape index (κ2) is 8.82. The minimum absolute atomic E-state index is 0.285. The predicted molar refractivity (Wildman–Crippen MR) is 79.4 cm³/mol. The third-order valence-corrected chi connectivity index (χ3v) is 4.82. The van der Waals surface area contributed by atoms with Crippen LogP contribution in [0.2, 0.25) is 0 Å². The highest BCUT2D eigenvalue weighted by molar-refractivity contribution is 7.99. The van der Waals surface area contributed by atoms with E-state index in [-0.39, 0.29) is 5.97 Å². The fourth-order valence-corrected chi connectivity index (χ4v) is 3.31. The van der Waals surface area contributed by atoms with Gasteiger partial charge in [-0.15, -0.1) is 0 Å². The Morgan fingerprint density at radius 3 is 2.74 bits per heavy atom. The molecule has 1 fully saturated rings. The highest BCUT2D eigenvalue weighted by Gasteiger charge is 2.29. The smallest absolute Gasteiger partial charge is 0.325 e. The summed E-state index contributed by atoms with van der Waals surface area (Å²) in [5.41, 5.74) is 5.14. The number of carbonyl (C=O) groups excluding carboxylic acids is 1. The molecule has 0 saturated carbocycles. The first-order valence-electron chi connectivity index (χ1n) is 7.21. The van der Waals surface area contributed by atoms with Gasteiger partial charge in [0, 0.05) is 18.5 Å².